The van der Waals surface area contributed by atoms with E-state index >= 15 is 0 Å². The van der Waals surface area contributed by atoms with Crippen LogP contribution in [0.2, 0.25) is 0 Å². The van der Waals surface area contributed by atoms with Crippen molar-refractivity contribution in [1.29, 1.82) is 0 Å². The van der Waals surface area contributed by atoms with Crippen LogP contribution in [0.25, 0.3) is 77.6 Å². The monoisotopic (exact) mass is 815 g/mol. The number of rotatable bonds is 3. The van der Waals surface area contributed by atoms with E-state index in [1.807, 2.05) is 0 Å². The third-order valence-electron chi connectivity index (χ3n) is 13.9. The van der Waals surface area contributed by atoms with Crippen molar-refractivity contribution in [2.24, 2.45) is 0 Å². The summed E-state index contributed by atoms with van der Waals surface area (Å²) >= 11 is 0. The van der Waals surface area contributed by atoms with E-state index in [1.165, 1.54) is 55.6 Å². The van der Waals surface area contributed by atoms with Gasteiger partial charge in [-0.2, -0.15) is 0 Å². The predicted octanol–water partition coefficient (Wildman–Crippen LogP) is 16.5. The van der Waals surface area contributed by atoms with Gasteiger partial charge in [-0.25, -0.2) is 0 Å². The fourth-order valence-electron chi connectivity index (χ4n) is 11.3. The van der Waals surface area contributed by atoms with Gasteiger partial charge in [0.05, 0.1) is 11.1 Å². The summed E-state index contributed by atoms with van der Waals surface area (Å²) in [6, 6.07) is 81.7. The van der Waals surface area contributed by atoms with Crippen LogP contribution in [0.1, 0.15) is 22.3 Å². The van der Waals surface area contributed by atoms with E-state index in [4.69, 9.17) is 9.15 Å². The predicted molar refractivity (Wildman–Crippen MR) is 261 cm³/mol. The maximum Gasteiger partial charge on any atom is 0.159 e. The molecule has 3 aliphatic rings. The standard InChI is InChI=1S/C61H37NO2/c1-2-17-38(18-3-1)62(56-30-16-27-49-43-22-7-6-21-42(43)47-25-10-15-32-58(47)64-60(49)56)39-33-34-46-41-20-5-4-19-40(41)44-23-8-12-28-52(44)61(54(46)35-39)53-29-13-9-24-45(53)50-37-59-51(36-55(50)61)48-26-11-14-31-57(48)63-59/h1-37H. The zero-order valence-corrected chi connectivity index (χ0v) is 34.6. The van der Waals surface area contributed by atoms with Crippen LogP contribution in [0, 0.1) is 0 Å². The minimum Gasteiger partial charge on any atom is -0.456 e. The lowest BCUT2D eigenvalue weighted by Gasteiger charge is -2.36. The molecule has 0 saturated carbocycles. The van der Waals surface area contributed by atoms with E-state index in [2.05, 4.69) is 229 Å². The topological polar surface area (TPSA) is 25.6 Å². The van der Waals surface area contributed by atoms with E-state index in [1.54, 1.807) is 0 Å². The van der Waals surface area contributed by atoms with Gasteiger partial charge in [-0.05, 0) is 121 Å². The van der Waals surface area contributed by atoms with E-state index < -0.39 is 5.41 Å². The van der Waals surface area contributed by atoms with Crippen molar-refractivity contribution < 1.29 is 9.15 Å². The summed E-state index contributed by atoms with van der Waals surface area (Å²) in [5.74, 6) is 1.65. The molecule has 0 N–H and O–H groups in total. The Balaban J connectivity index is 1.11. The van der Waals surface area contributed by atoms with Gasteiger partial charge in [0.1, 0.15) is 16.9 Å². The highest BCUT2D eigenvalue weighted by atomic mass is 16.5. The lowest BCUT2D eigenvalue weighted by molar-refractivity contribution is 0.489. The first kappa shape index (κ1) is 35.2. The first-order valence-corrected chi connectivity index (χ1v) is 22.0. The minimum absolute atomic E-state index is 0.705. The molecule has 2 aliphatic carbocycles. The normalized spacial score (nSPS) is 14.8. The molecule has 10 aromatic carbocycles. The summed E-state index contributed by atoms with van der Waals surface area (Å²) in [7, 11) is 0. The minimum atomic E-state index is -0.705. The summed E-state index contributed by atoms with van der Waals surface area (Å²) in [5.41, 5.74) is 20.8. The second-order valence-corrected chi connectivity index (χ2v) is 17.1. The molecule has 64 heavy (non-hydrogen) atoms. The Morgan fingerprint density at radius 3 is 1.61 bits per heavy atom. The van der Waals surface area contributed by atoms with E-state index in [0.29, 0.717) is 0 Å². The van der Waals surface area contributed by atoms with Crippen LogP contribution in [-0.4, -0.2) is 0 Å². The largest absolute Gasteiger partial charge is 0.456 e. The van der Waals surface area contributed by atoms with E-state index in [0.717, 1.165) is 72.8 Å². The Kier molecular flexibility index (Phi) is 7.32. The van der Waals surface area contributed by atoms with Crippen LogP contribution in [0.3, 0.4) is 0 Å². The van der Waals surface area contributed by atoms with E-state index in [-0.39, 0.29) is 0 Å². The Morgan fingerprint density at radius 1 is 0.312 bits per heavy atom. The number of hydrogen-bond acceptors (Lipinski definition) is 3. The Labute approximate surface area is 370 Å². The third-order valence-corrected chi connectivity index (χ3v) is 13.9. The first-order valence-electron chi connectivity index (χ1n) is 22.0. The quantitative estimate of drug-likeness (QED) is 0.178. The first-order chi connectivity index (χ1) is 31.8. The van der Waals surface area contributed by atoms with Crippen LogP contribution in [0.15, 0.2) is 229 Å². The molecule has 3 heteroatoms. The molecular formula is C61H37NO2. The van der Waals surface area contributed by atoms with Gasteiger partial charge in [0, 0.05) is 33.3 Å². The SMILES string of the molecule is c1ccc(N(c2ccc3c(c2)C2(c4ccccc4-c4ccccc4-3)c3ccccc3-c3cc4oc5ccccc5c4cc32)c2cccc3c2Oc2ccccc2-c2ccccc2-3)cc1. The molecule has 0 saturated heterocycles. The summed E-state index contributed by atoms with van der Waals surface area (Å²) in [5, 5.41) is 2.24. The van der Waals surface area contributed by atoms with Gasteiger partial charge in [-0.15, -0.1) is 0 Å². The number of furan rings is 1. The fourth-order valence-corrected chi connectivity index (χ4v) is 11.3. The van der Waals surface area contributed by atoms with Crippen LogP contribution < -0.4 is 9.64 Å². The van der Waals surface area contributed by atoms with Crippen molar-refractivity contribution in [3.63, 3.8) is 0 Å². The maximum atomic E-state index is 7.17. The van der Waals surface area contributed by atoms with Gasteiger partial charge in [-0.1, -0.05) is 170 Å². The molecule has 1 atom stereocenters. The Bertz CT molecular complexity index is 3730. The van der Waals surface area contributed by atoms with Crippen molar-refractivity contribution in [2.75, 3.05) is 4.90 Å². The summed E-state index contributed by atoms with van der Waals surface area (Å²) in [6.07, 6.45) is 0. The molecule has 298 valence electrons. The highest BCUT2D eigenvalue weighted by molar-refractivity contribution is 6.09. The van der Waals surface area contributed by atoms with Crippen molar-refractivity contribution in [3.05, 3.63) is 247 Å². The van der Waals surface area contributed by atoms with Crippen molar-refractivity contribution in [3.8, 4) is 67.1 Å². The van der Waals surface area contributed by atoms with Gasteiger partial charge in [-0.3, -0.25) is 0 Å². The molecule has 3 nitrogen and oxygen atoms in total. The molecule has 0 bridgehead atoms. The van der Waals surface area contributed by atoms with Gasteiger partial charge in [0.25, 0.3) is 0 Å². The second-order valence-electron chi connectivity index (χ2n) is 17.1. The van der Waals surface area contributed by atoms with Crippen LogP contribution in [0.5, 0.6) is 11.5 Å². The van der Waals surface area contributed by atoms with Crippen molar-refractivity contribution in [1.82, 2.24) is 0 Å². The molecule has 2 heterocycles. The number of para-hydroxylation sites is 4. The molecule has 14 rings (SSSR count). The van der Waals surface area contributed by atoms with Gasteiger partial charge in [0.15, 0.2) is 5.75 Å². The fraction of sp³-hybridized carbons (Fsp3) is 0.0164. The van der Waals surface area contributed by atoms with Gasteiger partial charge >= 0.3 is 0 Å². The molecule has 1 aromatic heterocycles. The Morgan fingerprint density at radius 2 is 0.859 bits per heavy atom. The molecule has 1 unspecified atom stereocenters. The number of hydrogen-bond donors (Lipinski definition) is 0. The molecule has 1 aliphatic heterocycles. The smallest absolute Gasteiger partial charge is 0.159 e. The zero-order chi connectivity index (χ0) is 41.9. The highest BCUT2D eigenvalue weighted by Gasteiger charge is 2.50. The van der Waals surface area contributed by atoms with Crippen LogP contribution in [0.4, 0.5) is 17.1 Å². The van der Waals surface area contributed by atoms with E-state index in [9.17, 15) is 0 Å². The third kappa shape index (κ3) is 4.76. The average molecular weight is 816 g/mol. The van der Waals surface area contributed by atoms with Crippen LogP contribution in [-0.2, 0) is 5.41 Å². The van der Waals surface area contributed by atoms with Gasteiger partial charge < -0.3 is 14.1 Å². The van der Waals surface area contributed by atoms with Crippen molar-refractivity contribution in [2.45, 2.75) is 5.41 Å². The average Bonchev–Trinajstić information content (AvgIpc) is 3.77. The summed E-state index contributed by atoms with van der Waals surface area (Å²) in [4.78, 5) is 2.39. The molecule has 11 aromatic rings. The number of nitrogens with zero attached hydrogens (tertiary/aromatic N) is 1. The molecule has 0 fully saturated rings. The molecular weight excluding hydrogens is 779 g/mol. The number of anilines is 3. The summed E-state index contributed by atoms with van der Waals surface area (Å²) in [6.45, 7) is 0. The molecule has 0 amide bonds. The lowest BCUT2D eigenvalue weighted by Crippen LogP contribution is -2.29. The number of fused-ring (bicyclic) bond motifs is 20. The van der Waals surface area contributed by atoms with Crippen molar-refractivity contribution >= 4 is 39.0 Å². The molecule has 0 radical (unpaired) electrons. The highest BCUT2D eigenvalue weighted by Crippen LogP contribution is 2.63. The zero-order valence-electron chi connectivity index (χ0n) is 34.6. The summed E-state index contributed by atoms with van der Waals surface area (Å²) < 4.78 is 13.8. The maximum absolute atomic E-state index is 7.17. The second kappa shape index (κ2) is 13.3. The van der Waals surface area contributed by atoms with Crippen LogP contribution >= 0.6 is 0 Å². The van der Waals surface area contributed by atoms with Gasteiger partial charge in [0.2, 0.25) is 0 Å². The Hall–Kier alpha value is -8.40. The number of benzene rings is 10. The number of ether oxygens (including phenoxy) is 1. The molecule has 1 spiro atoms. The lowest BCUT2D eigenvalue weighted by atomic mass is 9.65.